The summed E-state index contributed by atoms with van der Waals surface area (Å²) in [4.78, 5) is 54.9. The van der Waals surface area contributed by atoms with Crippen molar-refractivity contribution in [2.75, 3.05) is 19.6 Å². The van der Waals surface area contributed by atoms with Crippen molar-refractivity contribution in [1.29, 1.82) is 0 Å². The van der Waals surface area contributed by atoms with Gasteiger partial charge in [-0.25, -0.2) is 5.06 Å². The maximum atomic E-state index is 12.9. The Labute approximate surface area is 239 Å². The van der Waals surface area contributed by atoms with Crippen LogP contribution < -0.4 is 20.7 Å². The molecule has 0 spiro atoms. The van der Waals surface area contributed by atoms with Gasteiger partial charge in [0, 0.05) is 12.1 Å². The molecule has 0 saturated carbocycles. The highest BCUT2D eigenvalue weighted by Crippen LogP contribution is 2.33. The number of hydroxylamine groups is 2. The van der Waals surface area contributed by atoms with Crippen LogP contribution in [0, 0.1) is 5.92 Å². The highest BCUT2D eigenvalue weighted by atomic mass is 31.2. The van der Waals surface area contributed by atoms with E-state index in [4.69, 9.17) is 18.9 Å². The Hall–Kier alpha value is -3.22. The van der Waals surface area contributed by atoms with Crippen molar-refractivity contribution in [3.8, 4) is 17.1 Å². The lowest BCUT2D eigenvalue weighted by Crippen LogP contribution is -2.47. The standard InChI is InChI=1S/C27H41N4O9P/c1-4-7-8-9-22(23(5-2)31(35)18-32)26(33)29-16-30-27(34)25-11-10-24(40-25)20-12-19(13-21(14-20)39-6-3)15-28-17-41(36,37)38/h10-14,18,22-23,28,35H,4-9,15-17H2,1-3H3,(H,29,33)(H,30,34)(H2,36,37,38)/t22?,23-/m1/s1. The van der Waals surface area contributed by atoms with Crippen LogP contribution in [0.3, 0.4) is 0 Å². The molecular weight excluding hydrogens is 555 g/mol. The lowest BCUT2D eigenvalue weighted by atomic mass is 9.90. The molecule has 0 radical (unpaired) electrons. The van der Waals surface area contributed by atoms with Crippen LogP contribution in [0.15, 0.2) is 34.7 Å². The zero-order valence-corrected chi connectivity index (χ0v) is 24.6. The van der Waals surface area contributed by atoms with Gasteiger partial charge in [-0.05, 0) is 55.7 Å². The van der Waals surface area contributed by atoms with E-state index in [1.54, 1.807) is 31.2 Å². The first kappa shape index (κ1) is 34.0. The van der Waals surface area contributed by atoms with Crippen LogP contribution >= 0.6 is 7.60 Å². The van der Waals surface area contributed by atoms with Crippen molar-refractivity contribution in [3.63, 3.8) is 0 Å². The molecule has 0 aliphatic rings. The Kier molecular flexibility index (Phi) is 14.0. The number of unbranched alkanes of at least 4 members (excludes halogenated alkanes) is 2. The van der Waals surface area contributed by atoms with Gasteiger partial charge in [0.25, 0.3) is 5.91 Å². The predicted molar refractivity (Wildman–Crippen MR) is 151 cm³/mol. The van der Waals surface area contributed by atoms with Crippen molar-refractivity contribution < 1.29 is 43.1 Å². The number of nitrogens with zero attached hydrogens (tertiary/aromatic N) is 1. The summed E-state index contributed by atoms with van der Waals surface area (Å²) in [5.41, 5.74) is 1.29. The van der Waals surface area contributed by atoms with Crippen molar-refractivity contribution in [1.82, 2.24) is 21.0 Å². The fourth-order valence-electron chi connectivity index (χ4n) is 4.39. The molecule has 13 nitrogen and oxygen atoms in total. The Bertz CT molecular complexity index is 1180. The van der Waals surface area contributed by atoms with E-state index < -0.39 is 31.7 Å². The van der Waals surface area contributed by atoms with Gasteiger partial charge in [0.05, 0.1) is 31.5 Å². The van der Waals surface area contributed by atoms with Crippen molar-refractivity contribution >= 4 is 25.8 Å². The summed E-state index contributed by atoms with van der Waals surface area (Å²) in [6.07, 6.45) is 3.29. The molecule has 1 unspecified atom stereocenters. The van der Waals surface area contributed by atoms with E-state index in [0.717, 1.165) is 19.3 Å². The molecule has 41 heavy (non-hydrogen) atoms. The zero-order chi connectivity index (χ0) is 30.4. The molecule has 0 bridgehead atoms. The quantitative estimate of drug-likeness (QED) is 0.0351. The lowest BCUT2D eigenvalue weighted by Gasteiger charge is -2.29. The minimum Gasteiger partial charge on any atom is -0.494 e. The molecule has 228 valence electrons. The largest absolute Gasteiger partial charge is 0.494 e. The van der Waals surface area contributed by atoms with Gasteiger partial charge in [-0.15, -0.1) is 0 Å². The second-order valence-corrected chi connectivity index (χ2v) is 11.1. The van der Waals surface area contributed by atoms with Gasteiger partial charge in [-0.2, -0.15) is 0 Å². The highest BCUT2D eigenvalue weighted by molar-refractivity contribution is 7.51. The summed E-state index contributed by atoms with van der Waals surface area (Å²) >= 11 is 0. The van der Waals surface area contributed by atoms with Gasteiger partial charge in [-0.1, -0.05) is 33.1 Å². The molecule has 0 aliphatic carbocycles. The average Bonchev–Trinajstić information content (AvgIpc) is 3.42. The third-order valence-electron chi connectivity index (χ3n) is 6.34. The van der Waals surface area contributed by atoms with E-state index in [-0.39, 0.29) is 31.3 Å². The summed E-state index contributed by atoms with van der Waals surface area (Å²) in [5, 5.41) is 18.4. The smallest absolute Gasteiger partial charge is 0.339 e. The normalized spacial score (nSPS) is 12.8. The van der Waals surface area contributed by atoms with Crippen LogP contribution in [0.5, 0.6) is 5.75 Å². The van der Waals surface area contributed by atoms with Crippen LogP contribution in [0.25, 0.3) is 11.3 Å². The molecule has 0 saturated heterocycles. The fourth-order valence-corrected chi connectivity index (χ4v) is 4.80. The van der Waals surface area contributed by atoms with E-state index in [1.807, 2.05) is 13.8 Å². The number of carbonyl (C=O) groups is 3. The van der Waals surface area contributed by atoms with Crippen molar-refractivity contribution in [3.05, 3.63) is 41.7 Å². The van der Waals surface area contributed by atoms with E-state index >= 15 is 0 Å². The SMILES string of the molecule is CCCCCC(C(=O)NCNC(=O)c1ccc(-c2cc(CNCP(=O)(O)O)cc(OCC)c2)o1)[C@@H](CC)N(O)C=O. The van der Waals surface area contributed by atoms with Crippen molar-refractivity contribution in [2.45, 2.75) is 65.5 Å². The van der Waals surface area contributed by atoms with Crippen LogP contribution in [0.2, 0.25) is 0 Å². The molecule has 2 rings (SSSR count). The Morgan fingerprint density at radius 2 is 1.88 bits per heavy atom. The minimum absolute atomic E-state index is 0.00524. The molecule has 3 amide bonds. The number of rotatable bonds is 19. The van der Waals surface area contributed by atoms with Crippen LogP contribution in [-0.4, -0.2) is 63.9 Å². The number of nitrogens with one attached hydrogen (secondary N) is 3. The van der Waals surface area contributed by atoms with Crippen LogP contribution in [0.1, 0.15) is 69.0 Å². The summed E-state index contributed by atoms with van der Waals surface area (Å²) in [5.74, 6) is -0.689. The van der Waals surface area contributed by atoms with Crippen LogP contribution in [-0.2, 0) is 20.7 Å². The summed E-state index contributed by atoms with van der Waals surface area (Å²) in [6, 6.07) is 7.63. The molecule has 1 heterocycles. The number of ether oxygens (including phenoxy) is 1. The molecular formula is C27H41N4O9P. The van der Waals surface area contributed by atoms with Gasteiger partial charge < -0.3 is 34.9 Å². The molecule has 0 aliphatic heterocycles. The second kappa shape index (κ2) is 16.9. The first-order valence-corrected chi connectivity index (χ1v) is 15.4. The predicted octanol–water partition coefficient (Wildman–Crippen LogP) is 3.20. The Morgan fingerprint density at radius 3 is 2.51 bits per heavy atom. The maximum Gasteiger partial charge on any atom is 0.339 e. The van der Waals surface area contributed by atoms with Gasteiger partial charge >= 0.3 is 7.60 Å². The molecule has 1 aromatic heterocycles. The molecule has 2 aromatic rings. The second-order valence-electron chi connectivity index (χ2n) is 9.50. The molecule has 0 fully saturated rings. The summed E-state index contributed by atoms with van der Waals surface area (Å²) in [6.45, 7) is 6.03. The minimum atomic E-state index is -4.20. The van der Waals surface area contributed by atoms with E-state index in [2.05, 4.69) is 16.0 Å². The highest BCUT2D eigenvalue weighted by Gasteiger charge is 2.30. The molecule has 1 aromatic carbocycles. The van der Waals surface area contributed by atoms with Gasteiger partial charge in [0.15, 0.2) is 5.76 Å². The van der Waals surface area contributed by atoms with E-state index in [0.29, 0.717) is 47.1 Å². The third kappa shape index (κ3) is 11.3. The molecule has 6 N–H and O–H groups in total. The number of benzene rings is 1. The fraction of sp³-hybridized carbons (Fsp3) is 0.519. The monoisotopic (exact) mass is 596 g/mol. The number of furan rings is 1. The number of carbonyl (C=O) groups excluding carboxylic acids is 3. The topological polar surface area (TPSA) is 191 Å². The number of hydrogen-bond acceptors (Lipinski definition) is 8. The third-order valence-corrected chi connectivity index (χ3v) is 6.97. The first-order chi connectivity index (χ1) is 19.5. The zero-order valence-electron chi connectivity index (χ0n) is 23.7. The number of hydrogen-bond donors (Lipinski definition) is 6. The van der Waals surface area contributed by atoms with Crippen molar-refractivity contribution in [2.24, 2.45) is 5.92 Å². The lowest BCUT2D eigenvalue weighted by molar-refractivity contribution is -0.168. The van der Waals surface area contributed by atoms with E-state index in [1.165, 1.54) is 6.07 Å². The van der Waals surface area contributed by atoms with Gasteiger partial charge in [0.1, 0.15) is 11.5 Å². The molecule has 14 heteroatoms. The Balaban J connectivity index is 2.06. The average molecular weight is 597 g/mol. The first-order valence-electron chi connectivity index (χ1n) is 13.6. The van der Waals surface area contributed by atoms with Gasteiger partial charge in [0.2, 0.25) is 12.3 Å². The maximum absolute atomic E-state index is 12.9. The van der Waals surface area contributed by atoms with Crippen LogP contribution in [0.4, 0.5) is 0 Å². The number of amides is 3. The van der Waals surface area contributed by atoms with E-state index in [9.17, 15) is 24.2 Å². The molecule has 2 atom stereocenters. The summed E-state index contributed by atoms with van der Waals surface area (Å²) < 4.78 is 22.5. The summed E-state index contributed by atoms with van der Waals surface area (Å²) in [7, 11) is -4.20. The van der Waals surface area contributed by atoms with Gasteiger partial charge in [-0.3, -0.25) is 24.2 Å². The Morgan fingerprint density at radius 1 is 1.12 bits per heavy atom.